The van der Waals surface area contributed by atoms with Gasteiger partial charge >= 0.3 is 0 Å². The molecular formula is C14H11FN2O4. The van der Waals surface area contributed by atoms with E-state index in [0.717, 1.165) is 23.1 Å². The van der Waals surface area contributed by atoms with Crippen molar-refractivity contribution < 1.29 is 18.9 Å². The molecule has 0 spiro atoms. The van der Waals surface area contributed by atoms with Gasteiger partial charge in [-0.3, -0.25) is 19.7 Å². The summed E-state index contributed by atoms with van der Waals surface area (Å²) in [5, 5.41) is 10.8. The highest BCUT2D eigenvalue weighted by atomic mass is 19.1. The number of rotatable bonds is 2. The first-order chi connectivity index (χ1) is 10.0. The molecular weight excluding hydrogens is 279 g/mol. The second-order valence-electron chi connectivity index (χ2n) is 5.06. The minimum absolute atomic E-state index is 0.339. The molecule has 6 nitrogen and oxygen atoms in total. The molecule has 1 fully saturated rings. The van der Waals surface area contributed by atoms with Gasteiger partial charge in [0.1, 0.15) is 5.82 Å². The van der Waals surface area contributed by atoms with E-state index in [0.29, 0.717) is 12.8 Å². The molecule has 0 N–H and O–H groups in total. The van der Waals surface area contributed by atoms with Crippen molar-refractivity contribution in [2.24, 2.45) is 11.8 Å². The Bertz CT molecular complexity index is 660. The number of anilines is 1. The largest absolute Gasteiger partial charge is 0.274 e. The van der Waals surface area contributed by atoms with E-state index in [2.05, 4.69) is 0 Å². The molecule has 0 aromatic heterocycles. The maximum Gasteiger partial charge on any atom is 0.271 e. The minimum atomic E-state index is -0.825. The van der Waals surface area contributed by atoms with E-state index in [-0.39, 0.29) is 11.4 Å². The molecule has 3 rings (SSSR count). The van der Waals surface area contributed by atoms with E-state index >= 15 is 0 Å². The van der Waals surface area contributed by atoms with E-state index in [1.807, 2.05) is 12.2 Å². The van der Waals surface area contributed by atoms with Crippen molar-refractivity contribution in [1.29, 1.82) is 0 Å². The number of non-ortho nitro benzene ring substituents is 1. The maximum atomic E-state index is 13.9. The normalized spacial score (nSPS) is 24.3. The zero-order chi connectivity index (χ0) is 15.1. The Hall–Kier alpha value is -2.57. The fourth-order valence-electron chi connectivity index (χ4n) is 2.82. The number of nitrogens with zero attached hydrogens (tertiary/aromatic N) is 2. The standard InChI is InChI=1S/C14H11FN2O4/c15-11-6-5-8(17(20)21)7-12(11)16-13(18)9-3-1-2-4-10(9)14(16)19/h1-2,5-7,9-10H,3-4H2/t9-,10-/m0/s1. The number of carbonyl (C=O) groups excluding carboxylic acids is 2. The molecule has 1 aliphatic heterocycles. The van der Waals surface area contributed by atoms with Gasteiger partial charge in [-0.1, -0.05) is 12.2 Å². The highest BCUT2D eigenvalue weighted by molar-refractivity contribution is 6.22. The summed E-state index contributed by atoms with van der Waals surface area (Å²) >= 11 is 0. The maximum absolute atomic E-state index is 13.9. The van der Waals surface area contributed by atoms with Crippen LogP contribution in [0.4, 0.5) is 15.8 Å². The topological polar surface area (TPSA) is 80.5 Å². The third-order valence-corrected chi connectivity index (χ3v) is 3.89. The predicted molar refractivity (Wildman–Crippen MR) is 70.9 cm³/mol. The van der Waals surface area contributed by atoms with Gasteiger partial charge in [-0.25, -0.2) is 9.29 Å². The Morgan fingerprint density at radius 3 is 2.24 bits per heavy atom. The van der Waals surface area contributed by atoms with Crippen LogP contribution in [0.25, 0.3) is 0 Å². The number of fused-ring (bicyclic) bond motifs is 1. The first kappa shape index (κ1) is 13.4. The second-order valence-corrected chi connectivity index (χ2v) is 5.06. The van der Waals surface area contributed by atoms with Crippen LogP contribution in [-0.4, -0.2) is 16.7 Å². The van der Waals surface area contributed by atoms with Crippen LogP contribution in [-0.2, 0) is 9.59 Å². The quantitative estimate of drug-likeness (QED) is 0.362. The molecule has 0 unspecified atom stereocenters. The van der Waals surface area contributed by atoms with Crippen molar-refractivity contribution in [3.05, 3.63) is 46.3 Å². The zero-order valence-electron chi connectivity index (χ0n) is 10.9. The summed E-state index contributed by atoms with van der Waals surface area (Å²) in [6.45, 7) is 0. The number of hydrogen-bond acceptors (Lipinski definition) is 4. The molecule has 0 bridgehead atoms. The van der Waals surface area contributed by atoms with Crippen LogP contribution < -0.4 is 4.90 Å². The lowest BCUT2D eigenvalue weighted by molar-refractivity contribution is -0.384. The summed E-state index contributed by atoms with van der Waals surface area (Å²) < 4.78 is 13.9. The molecule has 0 saturated carbocycles. The molecule has 1 aliphatic carbocycles. The fraction of sp³-hybridized carbons (Fsp3) is 0.286. The molecule has 1 aromatic carbocycles. The second kappa shape index (κ2) is 4.76. The van der Waals surface area contributed by atoms with Crippen LogP contribution >= 0.6 is 0 Å². The van der Waals surface area contributed by atoms with Crippen molar-refractivity contribution in [1.82, 2.24) is 0 Å². The molecule has 2 aliphatic rings. The molecule has 1 aromatic rings. The third-order valence-electron chi connectivity index (χ3n) is 3.89. The number of nitro groups is 1. The number of halogens is 1. The lowest BCUT2D eigenvalue weighted by atomic mass is 9.85. The minimum Gasteiger partial charge on any atom is -0.274 e. The van der Waals surface area contributed by atoms with Crippen LogP contribution in [0.15, 0.2) is 30.4 Å². The predicted octanol–water partition coefficient (Wildman–Crippen LogP) is 2.19. The van der Waals surface area contributed by atoms with Crippen molar-refractivity contribution in [3.63, 3.8) is 0 Å². The van der Waals surface area contributed by atoms with Gasteiger partial charge in [0.25, 0.3) is 5.69 Å². The van der Waals surface area contributed by atoms with E-state index in [1.165, 1.54) is 0 Å². The van der Waals surface area contributed by atoms with Crippen molar-refractivity contribution >= 4 is 23.2 Å². The van der Waals surface area contributed by atoms with Gasteiger partial charge in [0.05, 0.1) is 22.4 Å². The van der Waals surface area contributed by atoms with Gasteiger partial charge in [-0.05, 0) is 18.9 Å². The molecule has 1 heterocycles. The van der Waals surface area contributed by atoms with Crippen LogP contribution in [0.3, 0.4) is 0 Å². The number of allylic oxidation sites excluding steroid dienone is 2. The molecule has 0 radical (unpaired) electrons. The Morgan fingerprint density at radius 1 is 1.14 bits per heavy atom. The smallest absolute Gasteiger partial charge is 0.271 e. The average molecular weight is 290 g/mol. The van der Waals surface area contributed by atoms with Crippen LogP contribution in [0.2, 0.25) is 0 Å². The molecule has 7 heteroatoms. The Balaban J connectivity index is 2.05. The van der Waals surface area contributed by atoms with E-state index in [4.69, 9.17) is 0 Å². The fourth-order valence-corrected chi connectivity index (χ4v) is 2.82. The molecule has 1 saturated heterocycles. The van der Waals surface area contributed by atoms with Crippen molar-refractivity contribution in [2.75, 3.05) is 4.90 Å². The van der Waals surface area contributed by atoms with Gasteiger partial charge in [0.2, 0.25) is 11.8 Å². The van der Waals surface area contributed by atoms with Gasteiger partial charge in [-0.2, -0.15) is 0 Å². The van der Waals surface area contributed by atoms with Crippen molar-refractivity contribution in [3.8, 4) is 0 Å². The van der Waals surface area contributed by atoms with Crippen molar-refractivity contribution in [2.45, 2.75) is 12.8 Å². The molecule has 2 amide bonds. The number of amides is 2. The third kappa shape index (κ3) is 2.01. The molecule has 21 heavy (non-hydrogen) atoms. The summed E-state index contributed by atoms with van der Waals surface area (Å²) in [6, 6.07) is 2.82. The van der Waals surface area contributed by atoms with Gasteiger partial charge in [0, 0.05) is 12.1 Å². The number of hydrogen-bond donors (Lipinski definition) is 0. The molecule has 2 atom stereocenters. The Morgan fingerprint density at radius 2 is 1.71 bits per heavy atom. The lowest BCUT2D eigenvalue weighted by Crippen LogP contribution is -2.31. The van der Waals surface area contributed by atoms with E-state index in [1.54, 1.807) is 0 Å². The van der Waals surface area contributed by atoms with Crippen LogP contribution in [0.1, 0.15) is 12.8 Å². The highest BCUT2D eigenvalue weighted by Gasteiger charge is 2.48. The van der Waals surface area contributed by atoms with Gasteiger partial charge in [-0.15, -0.1) is 0 Å². The number of imide groups is 1. The van der Waals surface area contributed by atoms with Crippen LogP contribution in [0, 0.1) is 27.8 Å². The summed E-state index contributed by atoms with van der Waals surface area (Å²) in [5.74, 6) is -2.81. The lowest BCUT2D eigenvalue weighted by Gasteiger charge is -2.15. The molecule has 108 valence electrons. The number of carbonyl (C=O) groups is 2. The Labute approximate surface area is 119 Å². The van der Waals surface area contributed by atoms with Gasteiger partial charge in [0.15, 0.2) is 0 Å². The van der Waals surface area contributed by atoms with E-state index in [9.17, 15) is 24.1 Å². The average Bonchev–Trinajstić information content (AvgIpc) is 2.72. The van der Waals surface area contributed by atoms with Gasteiger partial charge < -0.3 is 0 Å². The first-order valence-corrected chi connectivity index (χ1v) is 6.47. The van der Waals surface area contributed by atoms with Crippen LogP contribution in [0.5, 0.6) is 0 Å². The summed E-state index contributed by atoms with van der Waals surface area (Å²) in [6.07, 6.45) is 4.50. The monoisotopic (exact) mass is 290 g/mol. The first-order valence-electron chi connectivity index (χ1n) is 6.47. The SMILES string of the molecule is O=C1[C@H]2CC=CC[C@@H]2C(=O)N1c1cc([N+](=O)[O-])ccc1F. The summed E-state index contributed by atoms with van der Waals surface area (Å²) in [7, 11) is 0. The highest BCUT2D eigenvalue weighted by Crippen LogP contribution is 2.39. The zero-order valence-corrected chi connectivity index (χ0v) is 10.9. The number of nitro benzene ring substituents is 1. The van der Waals surface area contributed by atoms with E-state index < -0.39 is 34.4 Å². The number of benzene rings is 1. The Kier molecular flexibility index (Phi) is 3.04. The summed E-state index contributed by atoms with van der Waals surface area (Å²) in [4.78, 5) is 35.5. The summed E-state index contributed by atoms with van der Waals surface area (Å²) in [5.41, 5.74) is -0.700.